The van der Waals surface area contributed by atoms with Crippen LogP contribution in [0.3, 0.4) is 0 Å². The molecule has 1 aliphatic rings. The molecular weight excluding hydrogens is 329 g/mol. The third-order valence-electron chi connectivity index (χ3n) is 3.88. The lowest BCUT2D eigenvalue weighted by atomic mass is 9.77. The van der Waals surface area contributed by atoms with E-state index in [1.165, 1.54) is 0 Å². The van der Waals surface area contributed by atoms with Crippen LogP contribution in [0, 0.1) is 0 Å². The zero-order chi connectivity index (χ0) is 18.0. The number of rotatable bonds is 5. The maximum Gasteiger partial charge on any atom is 0.416 e. The van der Waals surface area contributed by atoms with E-state index in [1.54, 1.807) is 0 Å². The molecule has 130 valence electrons. The Morgan fingerprint density at radius 2 is 1.71 bits per heavy atom. The first-order chi connectivity index (χ1) is 11.1. The average Bonchev–Trinajstić information content (AvgIpc) is 2.47. The topological polar surface area (TPSA) is 95.5 Å². The second kappa shape index (κ2) is 6.50. The van der Waals surface area contributed by atoms with E-state index in [2.05, 4.69) is 10.6 Å². The fraction of sp³-hybridized carbons (Fsp3) is 0.400. The normalized spacial score (nSPS) is 16.0. The number of carbonyl (C=O) groups excluding carboxylic acids is 2. The zero-order valence-corrected chi connectivity index (χ0v) is 12.4. The van der Waals surface area contributed by atoms with Gasteiger partial charge in [0.1, 0.15) is 5.54 Å². The Morgan fingerprint density at radius 3 is 2.12 bits per heavy atom. The van der Waals surface area contributed by atoms with E-state index in [1.807, 2.05) is 0 Å². The summed E-state index contributed by atoms with van der Waals surface area (Å²) in [5, 5.41) is 13.7. The van der Waals surface area contributed by atoms with Gasteiger partial charge in [0.25, 0.3) is 5.91 Å². The van der Waals surface area contributed by atoms with E-state index in [4.69, 9.17) is 5.11 Å². The van der Waals surface area contributed by atoms with Gasteiger partial charge in [-0.15, -0.1) is 0 Å². The summed E-state index contributed by atoms with van der Waals surface area (Å²) in [6.45, 7) is -0.463. The molecule has 3 N–H and O–H groups in total. The van der Waals surface area contributed by atoms with E-state index in [0.29, 0.717) is 19.3 Å². The Hall–Kier alpha value is -2.58. The van der Waals surface area contributed by atoms with Crippen molar-refractivity contribution >= 4 is 17.8 Å². The molecule has 1 saturated carbocycles. The molecule has 2 amide bonds. The van der Waals surface area contributed by atoms with Crippen LogP contribution in [-0.4, -0.2) is 35.0 Å². The second-order valence-corrected chi connectivity index (χ2v) is 5.55. The lowest BCUT2D eigenvalue weighted by Gasteiger charge is -2.38. The maximum absolute atomic E-state index is 12.4. The van der Waals surface area contributed by atoms with Gasteiger partial charge in [-0.25, -0.2) is 4.79 Å². The molecule has 0 spiro atoms. The number of hydrogen-bond acceptors (Lipinski definition) is 3. The predicted molar refractivity (Wildman–Crippen MR) is 76.1 cm³/mol. The Morgan fingerprint density at radius 1 is 1.12 bits per heavy atom. The predicted octanol–water partition coefficient (Wildman–Crippen LogP) is 1.56. The van der Waals surface area contributed by atoms with Crippen LogP contribution < -0.4 is 10.6 Å². The number of nitrogens with one attached hydrogen (secondary N) is 2. The van der Waals surface area contributed by atoms with E-state index in [9.17, 15) is 27.6 Å². The average molecular weight is 344 g/mol. The van der Waals surface area contributed by atoms with Crippen LogP contribution in [0.25, 0.3) is 0 Å². The van der Waals surface area contributed by atoms with Crippen molar-refractivity contribution in [3.63, 3.8) is 0 Å². The molecule has 0 unspecified atom stereocenters. The van der Waals surface area contributed by atoms with E-state index >= 15 is 0 Å². The van der Waals surface area contributed by atoms with Crippen LogP contribution in [0.4, 0.5) is 13.2 Å². The Bertz CT molecular complexity index is 652. The van der Waals surface area contributed by atoms with Gasteiger partial charge in [-0.1, -0.05) is 0 Å². The minimum Gasteiger partial charge on any atom is -0.480 e. The Labute approximate surface area is 135 Å². The minimum atomic E-state index is -4.50. The highest BCUT2D eigenvalue weighted by molar-refractivity contribution is 5.97. The minimum absolute atomic E-state index is 0.0348. The molecule has 24 heavy (non-hydrogen) atoms. The van der Waals surface area contributed by atoms with E-state index in [-0.39, 0.29) is 5.56 Å². The molecule has 0 heterocycles. The monoisotopic (exact) mass is 344 g/mol. The molecule has 0 aromatic heterocycles. The number of alkyl halides is 3. The summed E-state index contributed by atoms with van der Waals surface area (Å²) < 4.78 is 37.3. The first-order valence-corrected chi connectivity index (χ1v) is 7.14. The number of carbonyl (C=O) groups is 3. The molecule has 6 nitrogen and oxygen atoms in total. The lowest BCUT2D eigenvalue weighted by Crippen LogP contribution is -2.60. The first kappa shape index (κ1) is 17.8. The van der Waals surface area contributed by atoms with Gasteiger partial charge in [0.2, 0.25) is 5.91 Å². The summed E-state index contributed by atoms with van der Waals surface area (Å²) in [6.07, 6.45) is -3.17. The van der Waals surface area contributed by atoms with Crippen LogP contribution >= 0.6 is 0 Å². The third kappa shape index (κ3) is 3.84. The SMILES string of the molecule is O=C(CNC(=O)c1ccc(C(F)(F)F)cc1)NC1(C(=O)O)CCC1. The van der Waals surface area contributed by atoms with Crippen LogP contribution in [0.5, 0.6) is 0 Å². The van der Waals surface area contributed by atoms with Crippen molar-refractivity contribution in [1.29, 1.82) is 0 Å². The van der Waals surface area contributed by atoms with Crippen molar-refractivity contribution in [2.45, 2.75) is 31.0 Å². The van der Waals surface area contributed by atoms with Crippen molar-refractivity contribution < 1.29 is 32.7 Å². The molecular formula is C15H15F3N2O4. The van der Waals surface area contributed by atoms with Crippen molar-refractivity contribution in [3.05, 3.63) is 35.4 Å². The molecule has 0 saturated heterocycles. The molecule has 0 bridgehead atoms. The molecule has 1 aliphatic carbocycles. The smallest absolute Gasteiger partial charge is 0.416 e. The van der Waals surface area contributed by atoms with Gasteiger partial charge in [0, 0.05) is 5.56 Å². The summed E-state index contributed by atoms with van der Waals surface area (Å²) in [5.74, 6) is -2.52. The molecule has 0 atom stereocenters. The Balaban J connectivity index is 1.89. The van der Waals surface area contributed by atoms with E-state index < -0.39 is 41.6 Å². The number of carboxylic acids is 1. The summed E-state index contributed by atoms with van der Waals surface area (Å²) in [6, 6.07) is 3.53. The number of hydrogen-bond donors (Lipinski definition) is 3. The third-order valence-corrected chi connectivity index (χ3v) is 3.88. The number of aliphatic carboxylic acids is 1. The summed E-state index contributed by atoms with van der Waals surface area (Å²) in [7, 11) is 0. The van der Waals surface area contributed by atoms with Crippen molar-refractivity contribution in [3.8, 4) is 0 Å². The fourth-order valence-corrected chi connectivity index (χ4v) is 2.31. The molecule has 1 fully saturated rings. The fourth-order valence-electron chi connectivity index (χ4n) is 2.31. The van der Waals surface area contributed by atoms with Gasteiger partial charge in [0.15, 0.2) is 0 Å². The lowest BCUT2D eigenvalue weighted by molar-refractivity contribution is -0.151. The van der Waals surface area contributed by atoms with Crippen LogP contribution in [0.15, 0.2) is 24.3 Å². The van der Waals surface area contributed by atoms with Gasteiger partial charge in [-0.3, -0.25) is 9.59 Å². The Kier molecular flexibility index (Phi) is 4.81. The molecule has 9 heteroatoms. The number of amides is 2. The quantitative estimate of drug-likeness (QED) is 0.755. The molecule has 1 aromatic carbocycles. The molecule has 0 radical (unpaired) electrons. The highest BCUT2D eigenvalue weighted by Crippen LogP contribution is 2.32. The molecule has 0 aliphatic heterocycles. The summed E-state index contributed by atoms with van der Waals surface area (Å²) in [4.78, 5) is 34.7. The van der Waals surface area contributed by atoms with Gasteiger partial charge in [-0.05, 0) is 43.5 Å². The van der Waals surface area contributed by atoms with Crippen LogP contribution in [0.2, 0.25) is 0 Å². The molecule has 2 rings (SSSR count). The van der Waals surface area contributed by atoms with Gasteiger partial charge in [-0.2, -0.15) is 13.2 Å². The van der Waals surface area contributed by atoms with Crippen molar-refractivity contribution in [2.24, 2.45) is 0 Å². The van der Waals surface area contributed by atoms with Crippen molar-refractivity contribution in [2.75, 3.05) is 6.54 Å². The standard InChI is InChI=1S/C15H15F3N2O4/c16-15(17,18)10-4-2-9(3-5-10)12(22)19-8-11(21)20-14(13(23)24)6-1-7-14/h2-5H,1,6-8H2,(H,19,22)(H,20,21)(H,23,24). The van der Waals surface area contributed by atoms with Crippen LogP contribution in [0.1, 0.15) is 35.2 Å². The number of benzene rings is 1. The van der Waals surface area contributed by atoms with Crippen molar-refractivity contribution in [1.82, 2.24) is 10.6 Å². The van der Waals surface area contributed by atoms with E-state index in [0.717, 1.165) is 24.3 Å². The van der Waals surface area contributed by atoms with Gasteiger partial charge < -0.3 is 15.7 Å². The first-order valence-electron chi connectivity index (χ1n) is 7.14. The highest BCUT2D eigenvalue weighted by Gasteiger charge is 2.45. The highest BCUT2D eigenvalue weighted by atomic mass is 19.4. The van der Waals surface area contributed by atoms with Gasteiger partial charge >= 0.3 is 12.1 Å². The summed E-state index contributed by atoms with van der Waals surface area (Å²) in [5.41, 5.74) is -2.20. The number of halogens is 3. The number of carboxylic acid groups (broad SMARTS) is 1. The van der Waals surface area contributed by atoms with Crippen LogP contribution in [-0.2, 0) is 15.8 Å². The largest absolute Gasteiger partial charge is 0.480 e. The zero-order valence-electron chi connectivity index (χ0n) is 12.4. The maximum atomic E-state index is 12.4. The molecule has 1 aromatic rings. The second-order valence-electron chi connectivity index (χ2n) is 5.55. The summed E-state index contributed by atoms with van der Waals surface area (Å²) >= 11 is 0. The van der Waals surface area contributed by atoms with Gasteiger partial charge in [0.05, 0.1) is 12.1 Å².